The molecule has 1 heterocycles. The van der Waals surface area contributed by atoms with Gasteiger partial charge >= 0.3 is 10.2 Å². The number of phenolic OH excluding ortho intramolecular Hbond substituents is 1. The Morgan fingerprint density at radius 3 is 2.43 bits per heavy atom. The van der Waals surface area contributed by atoms with Crippen molar-refractivity contribution in [1.29, 1.82) is 0 Å². The molecule has 2 aromatic carbocycles. The Labute approximate surface area is 163 Å². The topological polar surface area (TPSA) is 133 Å². The minimum atomic E-state index is -4.01. The van der Waals surface area contributed by atoms with E-state index in [1.54, 1.807) is 36.4 Å². The average molecular weight is 425 g/mol. The SMILES string of the molecule is O=C1CN(c2ccc(CCNS(=O)(=O)Cc3ccccc3)cc2O)S(=O)(=O)N1. The molecule has 0 bridgehead atoms. The van der Waals surface area contributed by atoms with Crippen LogP contribution in [0.4, 0.5) is 5.69 Å². The van der Waals surface area contributed by atoms with E-state index in [0.717, 1.165) is 4.31 Å². The lowest BCUT2D eigenvalue weighted by atomic mass is 10.1. The first-order valence-corrected chi connectivity index (χ1v) is 11.4. The third-order valence-corrected chi connectivity index (χ3v) is 6.81. The van der Waals surface area contributed by atoms with Crippen LogP contribution in [0, 0.1) is 0 Å². The van der Waals surface area contributed by atoms with E-state index in [-0.39, 0.29) is 23.7 Å². The van der Waals surface area contributed by atoms with Gasteiger partial charge in [-0.15, -0.1) is 0 Å². The van der Waals surface area contributed by atoms with Gasteiger partial charge in [-0.3, -0.25) is 4.79 Å². The van der Waals surface area contributed by atoms with E-state index in [9.17, 15) is 26.7 Å². The van der Waals surface area contributed by atoms with Gasteiger partial charge < -0.3 is 5.11 Å². The number of carbonyl (C=O) groups excluding carboxylic acids is 1. The Hall–Kier alpha value is -2.63. The van der Waals surface area contributed by atoms with Crippen LogP contribution in [0.5, 0.6) is 5.75 Å². The highest BCUT2D eigenvalue weighted by Gasteiger charge is 2.35. The molecule has 1 aliphatic rings. The third-order valence-electron chi connectivity index (χ3n) is 4.06. The van der Waals surface area contributed by atoms with E-state index in [4.69, 9.17) is 0 Å². The molecular weight excluding hydrogens is 406 g/mol. The van der Waals surface area contributed by atoms with E-state index in [1.807, 2.05) is 4.72 Å². The molecule has 1 aliphatic heterocycles. The Kier molecular flexibility index (Phi) is 5.59. The lowest BCUT2D eigenvalue weighted by Crippen LogP contribution is -2.29. The molecule has 0 saturated carbocycles. The summed E-state index contributed by atoms with van der Waals surface area (Å²) in [5, 5.41) is 10.1. The highest BCUT2D eigenvalue weighted by Crippen LogP contribution is 2.31. The first kappa shape index (κ1) is 20.1. The number of hydrogen-bond acceptors (Lipinski definition) is 6. The summed E-state index contributed by atoms with van der Waals surface area (Å²) in [5.41, 5.74) is 1.26. The van der Waals surface area contributed by atoms with Crippen LogP contribution in [0.25, 0.3) is 0 Å². The minimum Gasteiger partial charge on any atom is -0.506 e. The average Bonchev–Trinajstić information content (AvgIpc) is 2.87. The Morgan fingerprint density at radius 2 is 1.82 bits per heavy atom. The number of phenols is 1. The molecule has 3 rings (SSSR count). The number of sulfonamides is 1. The number of aromatic hydroxyl groups is 1. The molecule has 0 aromatic heterocycles. The molecule has 0 spiro atoms. The molecule has 28 heavy (non-hydrogen) atoms. The van der Waals surface area contributed by atoms with Gasteiger partial charge in [-0.05, 0) is 29.7 Å². The molecule has 2 aromatic rings. The summed E-state index contributed by atoms with van der Waals surface area (Å²) in [6, 6.07) is 13.1. The van der Waals surface area contributed by atoms with Crippen LogP contribution in [0.2, 0.25) is 0 Å². The third kappa shape index (κ3) is 4.80. The van der Waals surface area contributed by atoms with Gasteiger partial charge in [-0.2, -0.15) is 8.42 Å². The van der Waals surface area contributed by atoms with Gasteiger partial charge in [0.05, 0.1) is 11.4 Å². The molecule has 0 aliphatic carbocycles. The van der Waals surface area contributed by atoms with E-state index >= 15 is 0 Å². The Bertz CT molecular complexity index is 1090. The monoisotopic (exact) mass is 425 g/mol. The van der Waals surface area contributed by atoms with Crippen LogP contribution in [0.1, 0.15) is 11.1 Å². The molecule has 3 N–H and O–H groups in total. The van der Waals surface area contributed by atoms with Gasteiger partial charge in [0.2, 0.25) is 10.0 Å². The number of nitrogens with zero attached hydrogens (tertiary/aromatic N) is 1. The maximum absolute atomic E-state index is 12.1. The first-order valence-electron chi connectivity index (χ1n) is 8.33. The number of anilines is 1. The smallest absolute Gasteiger partial charge is 0.326 e. The van der Waals surface area contributed by atoms with Crippen molar-refractivity contribution in [1.82, 2.24) is 9.44 Å². The molecule has 0 unspecified atom stereocenters. The van der Waals surface area contributed by atoms with Crippen molar-refractivity contribution < 1.29 is 26.7 Å². The zero-order chi connectivity index (χ0) is 20.4. The molecule has 0 atom stereocenters. The van der Waals surface area contributed by atoms with Crippen LogP contribution in [0.15, 0.2) is 48.5 Å². The van der Waals surface area contributed by atoms with E-state index < -0.39 is 32.7 Å². The van der Waals surface area contributed by atoms with Gasteiger partial charge in [0.15, 0.2) is 0 Å². The molecule has 0 radical (unpaired) electrons. The standard InChI is InChI=1S/C17H19N3O6S2/c21-16-10-13(6-7-15(16)20-11-17(22)19-28(20,25)26)8-9-18-27(23,24)12-14-4-2-1-3-5-14/h1-7,10,18,21H,8-9,11-12H2,(H,19,22). The van der Waals surface area contributed by atoms with Gasteiger partial charge in [0.25, 0.3) is 5.91 Å². The molecular formula is C17H19N3O6S2. The second kappa shape index (κ2) is 7.78. The van der Waals surface area contributed by atoms with Gasteiger partial charge in [-0.25, -0.2) is 22.2 Å². The van der Waals surface area contributed by atoms with Crippen molar-refractivity contribution >= 4 is 31.8 Å². The fourth-order valence-corrected chi connectivity index (χ4v) is 5.10. The predicted octanol–water partition coefficient (Wildman–Crippen LogP) is 0.235. The van der Waals surface area contributed by atoms with Crippen molar-refractivity contribution in [2.24, 2.45) is 0 Å². The van der Waals surface area contributed by atoms with Crippen molar-refractivity contribution in [3.05, 3.63) is 59.7 Å². The fourth-order valence-electron chi connectivity index (χ4n) is 2.79. The molecule has 1 amide bonds. The van der Waals surface area contributed by atoms with E-state index in [1.165, 1.54) is 12.1 Å². The maximum atomic E-state index is 12.1. The van der Waals surface area contributed by atoms with Crippen LogP contribution >= 0.6 is 0 Å². The minimum absolute atomic E-state index is 0.0215. The number of hydrogen-bond donors (Lipinski definition) is 3. The van der Waals surface area contributed by atoms with Crippen molar-refractivity contribution in [3.63, 3.8) is 0 Å². The summed E-state index contributed by atoms with van der Waals surface area (Å²) in [6.07, 6.45) is 0.297. The zero-order valence-electron chi connectivity index (χ0n) is 14.7. The predicted molar refractivity (Wildman–Crippen MR) is 103 cm³/mol. The fraction of sp³-hybridized carbons (Fsp3) is 0.235. The quantitative estimate of drug-likeness (QED) is 0.582. The number of amides is 1. The number of carbonyl (C=O) groups is 1. The van der Waals surface area contributed by atoms with E-state index in [0.29, 0.717) is 17.5 Å². The number of rotatable bonds is 7. The Morgan fingerprint density at radius 1 is 1.11 bits per heavy atom. The van der Waals surface area contributed by atoms with Crippen LogP contribution in [0.3, 0.4) is 0 Å². The van der Waals surface area contributed by atoms with Gasteiger partial charge in [0.1, 0.15) is 12.3 Å². The molecule has 150 valence electrons. The first-order chi connectivity index (χ1) is 13.2. The summed E-state index contributed by atoms with van der Waals surface area (Å²) in [4.78, 5) is 11.3. The maximum Gasteiger partial charge on any atom is 0.326 e. The van der Waals surface area contributed by atoms with Crippen LogP contribution in [-0.4, -0.2) is 40.9 Å². The zero-order valence-corrected chi connectivity index (χ0v) is 16.3. The molecule has 9 nitrogen and oxygen atoms in total. The summed E-state index contributed by atoms with van der Waals surface area (Å²) in [7, 11) is -7.51. The lowest BCUT2D eigenvalue weighted by molar-refractivity contribution is -0.117. The number of nitrogens with one attached hydrogen (secondary N) is 2. The highest BCUT2D eigenvalue weighted by molar-refractivity contribution is 7.92. The summed E-state index contributed by atoms with van der Waals surface area (Å²) in [6.45, 7) is -0.287. The molecule has 1 saturated heterocycles. The second-order valence-corrected chi connectivity index (χ2v) is 9.65. The van der Waals surface area contributed by atoms with Crippen molar-refractivity contribution in [2.75, 3.05) is 17.4 Å². The van der Waals surface area contributed by atoms with Crippen LogP contribution in [-0.2, 0) is 37.2 Å². The summed E-state index contributed by atoms with van der Waals surface area (Å²) < 4.78 is 53.0. The van der Waals surface area contributed by atoms with Gasteiger partial charge in [0, 0.05) is 6.54 Å². The Balaban J connectivity index is 1.61. The molecule has 11 heteroatoms. The largest absolute Gasteiger partial charge is 0.506 e. The van der Waals surface area contributed by atoms with E-state index in [2.05, 4.69) is 4.72 Å². The lowest BCUT2D eigenvalue weighted by Gasteiger charge is -2.16. The normalized spacial score (nSPS) is 16.1. The van der Waals surface area contributed by atoms with Crippen molar-refractivity contribution in [3.8, 4) is 5.75 Å². The number of benzene rings is 2. The summed E-state index contributed by atoms with van der Waals surface area (Å²) in [5.74, 6) is -1.13. The van der Waals surface area contributed by atoms with Gasteiger partial charge in [-0.1, -0.05) is 36.4 Å². The molecule has 1 fully saturated rings. The summed E-state index contributed by atoms with van der Waals surface area (Å²) >= 11 is 0. The second-order valence-electron chi connectivity index (χ2n) is 6.25. The van der Waals surface area contributed by atoms with Crippen molar-refractivity contribution in [2.45, 2.75) is 12.2 Å². The highest BCUT2D eigenvalue weighted by atomic mass is 32.2. The van der Waals surface area contributed by atoms with Crippen LogP contribution < -0.4 is 13.7 Å².